The van der Waals surface area contributed by atoms with Crippen molar-refractivity contribution >= 4 is 21.6 Å². The van der Waals surface area contributed by atoms with Crippen molar-refractivity contribution < 1.29 is 17.5 Å². The number of nitrogens with zero attached hydrogens (tertiary/aromatic N) is 1. The molecule has 0 bridgehead atoms. The van der Waals surface area contributed by atoms with Gasteiger partial charge in [-0.15, -0.1) is 0 Å². The van der Waals surface area contributed by atoms with Crippen LogP contribution in [0.3, 0.4) is 0 Å². The second-order valence-electron chi connectivity index (χ2n) is 4.95. The number of hydrogen-bond donors (Lipinski definition) is 0. The molecule has 0 spiro atoms. The van der Waals surface area contributed by atoms with Gasteiger partial charge in [0, 0.05) is 20.2 Å². The van der Waals surface area contributed by atoms with Crippen molar-refractivity contribution in [2.24, 2.45) is 0 Å². The Morgan fingerprint density at radius 3 is 2.80 bits per heavy atom. The van der Waals surface area contributed by atoms with Crippen molar-refractivity contribution in [2.45, 2.75) is 30.8 Å². The third kappa shape index (κ3) is 3.14. The average Bonchev–Trinajstić information content (AvgIpc) is 2.86. The zero-order valence-corrected chi connectivity index (χ0v) is 13.0. The summed E-state index contributed by atoms with van der Waals surface area (Å²) in [6.07, 6.45) is 1.69. The Balaban J connectivity index is 2.27. The smallest absolute Gasteiger partial charge is 0.244 e. The lowest BCUT2D eigenvalue weighted by molar-refractivity contribution is 0.0979. The van der Waals surface area contributed by atoms with Crippen molar-refractivity contribution in [3.63, 3.8) is 0 Å². The Kier molecular flexibility index (Phi) is 4.69. The lowest BCUT2D eigenvalue weighted by Gasteiger charge is -2.21. The number of sulfonamides is 1. The number of aryl methyl sites for hydroxylation is 1. The van der Waals surface area contributed by atoms with Crippen LogP contribution in [0.25, 0.3) is 0 Å². The first-order valence-electron chi connectivity index (χ1n) is 6.36. The van der Waals surface area contributed by atoms with Crippen molar-refractivity contribution in [3.05, 3.63) is 28.5 Å². The van der Waals surface area contributed by atoms with E-state index in [1.165, 1.54) is 24.3 Å². The van der Waals surface area contributed by atoms with Crippen LogP contribution in [0.1, 0.15) is 18.4 Å². The molecule has 112 valence electrons. The molecule has 1 aromatic carbocycles. The predicted octanol–water partition coefficient (Wildman–Crippen LogP) is 2.59. The van der Waals surface area contributed by atoms with E-state index in [1.807, 2.05) is 0 Å². The van der Waals surface area contributed by atoms with E-state index in [1.54, 1.807) is 0 Å². The number of halogens is 2. The molecule has 0 aromatic heterocycles. The topological polar surface area (TPSA) is 46.6 Å². The molecule has 1 aromatic rings. The van der Waals surface area contributed by atoms with Crippen molar-refractivity contribution in [1.29, 1.82) is 0 Å². The van der Waals surface area contributed by atoms with Gasteiger partial charge in [0.1, 0.15) is 10.7 Å². The summed E-state index contributed by atoms with van der Waals surface area (Å²) in [4.78, 5) is -0.0708. The SMILES string of the molecule is Cc1cc(S(=O)(=O)N(C)CC2CCCO2)c(Cl)cc1F. The summed E-state index contributed by atoms with van der Waals surface area (Å²) in [7, 11) is -2.26. The standard InChI is InChI=1S/C13H17ClFNO3S/c1-9-6-13(11(14)7-12(9)15)20(17,18)16(2)8-10-4-3-5-19-10/h6-7,10H,3-5,8H2,1-2H3. The van der Waals surface area contributed by atoms with Crippen LogP contribution in [0.15, 0.2) is 17.0 Å². The van der Waals surface area contributed by atoms with Gasteiger partial charge in [0.15, 0.2) is 0 Å². The molecular weight excluding hydrogens is 305 g/mol. The van der Waals surface area contributed by atoms with E-state index in [9.17, 15) is 12.8 Å². The molecule has 7 heteroatoms. The molecule has 4 nitrogen and oxygen atoms in total. The molecule has 1 aliphatic rings. The lowest BCUT2D eigenvalue weighted by Crippen LogP contribution is -2.34. The summed E-state index contributed by atoms with van der Waals surface area (Å²) < 4.78 is 44.9. The van der Waals surface area contributed by atoms with Crippen LogP contribution in [0.5, 0.6) is 0 Å². The minimum atomic E-state index is -3.74. The van der Waals surface area contributed by atoms with E-state index in [0.717, 1.165) is 18.9 Å². The fraction of sp³-hybridized carbons (Fsp3) is 0.538. The predicted molar refractivity (Wildman–Crippen MR) is 74.9 cm³/mol. The molecule has 2 rings (SSSR count). The van der Waals surface area contributed by atoms with E-state index >= 15 is 0 Å². The second-order valence-corrected chi connectivity index (χ2v) is 7.37. The summed E-state index contributed by atoms with van der Waals surface area (Å²) >= 11 is 5.87. The van der Waals surface area contributed by atoms with E-state index < -0.39 is 15.8 Å². The minimum Gasteiger partial charge on any atom is -0.377 e. The van der Waals surface area contributed by atoms with Crippen LogP contribution < -0.4 is 0 Å². The molecule has 0 aliphatic carbocycles. The largest absolute Gasteiger partial charge is 0.377 e. The fourth-order valence-corrected chi connectivity index (χ4v) is 3.94. The van der Waals surface area contributed by atoms with Crippen molar-refractivity contribution in [2.75, 3.05) is 20.2 Å². The van der Waals surface area contributed by atoms with Crippen molar-refractivity contribution in [3.8, 4) is 0 Å². The third-order valence-electron chi connectivity index (χ3n) is 3.39. The molecule has 1 aliphatic heterocycles. The molecule has 0 N–H and O–H groups in total. The quantitative estimate of drug-likeness (QED) is 0.856. The maximum atomic E-state index is 13.4. The minimum absolute atomic E-state index is 0.0708. The Morgan fingerprint density at radius 2 is 2.20 bits per heavy atom. The van der Waals surface area contributed by atoms with Gasteiger partial charge in [0.25, 0.3) is 0 Å². The summed E-state index contributed by atoms with van der Waals surface area (Å²) in [5, 5.41) is -0.104. The molecule has 1 atom stereocenters. The Labute approximate surface area is 123 Å². The molecular formula is C13H17ClFNO3S. The lowest BCUT2D eigenvalue weighted by atomic mass is 10.2. The highest BCUT2D eigenvalue weighted by molar-refractivity contribution is 7.89. The number of rotatable bonds is 4. The highest BCUT2D eigenvalue weighted by atomic mass is 35.5. The van der Waals surface area contributed by atoms with Gasteiger partial charge in [-0.3, -0.25) is 0 Å². The summed E-state index contributed by atoms with van der Waals surface area (Å²) in [6, 6.07) is 2.29. The van der Waals surface area contributed by atoms with E-state index in [2.05, 4.69) is 0 Å². The van der Waals surface area contributed by atoms with Gasteiger partial charge in [0.05, 0.1) is 11.1 Å². The zero-order chi connectivity index (χ0) is 14.9. The number of ether oxygens (including phenoxy) is 1. The van der Waals surface area contributed by atoms with E-state index in [4.69, 9.17) is 16.3 Å². The first kappa shape index (κ1) is 15.7. The first-order chi connectivity index (χ1) is 9.32. The van der Waals surface area contributed by atoms with Crippen LogP contribution >= 0.6 is 11.6 Å². The van der Waals surface area contributed by atoms with Crippen LogP contribution in [0, 0.1) is 12.7 Å². The highest BCUT2D eigenvalue weighted by Crippen LogP contribution is 2.27. The number of hydrogen-bond acceptors (Lipinski definition) is 3. The number of benzene rings is 1. The molecule has 20 heavy (non-hydrogen) atoms. The van der Waals surface area contributed by atoms with Crippen LogP contribution in [-0.2, 0) is 14.8 Å². The van der Waals surface area contributed by atoms with Gasteiger partial charge in [-0.05, 0) is 37.5 Å². The maximum absolute atomic E-state index is 13.4. The van der Waals surface area contributed by atoms with Crippen LogP contribution in [-0.4, -0.2) is 39.0 Å². The van der Waals surface area contributed by atoms with Gasteiger partial charge in [-0.1, -0.05) is 11.6 Å². The van der Waals surface area contributed by atoms with Gasteiger partial charge in [-0.25, -0.2) is 12.8 Å². The highest BCUT2D eigenvalue weighted by Gasteiger charge is 2.28. The molecule has 1 heterocycles. The molecule has 1 saturated heterocycles. The van der Waals surface area contributed by atoms with Gasteiger partial charge < -0.3 is 4.74 Å². The number of likely N-dealkylation sites (N-methyl/N-ethyl adjacent to an activating group) is 1. The summed E-state index contributed by atoms with van der Waals surface area (Å²) in [6.45, 7) is 2.44. The van der Waals surface area contributed by atoms with Gasteiger partial charge >= 0.3 is 0 Å². The third-order valence-corrected chi connectivity index (χ3v) is 5.67. The first-order valence-corrected chi connectivity index (χ1v) is 8.18. The zero-order valence-electron chi connectivity index (χ0n) is 11.4. The van der Waals surface area contributed by atoms with Crippen LogP contribution in [0.4, 0.5) is 4.39 Å². The van der Waals surface area contributed by atoms with Gasteiger partial charge in [0.2, 0.25) is 10.0 Å². The second kappa shape index (κ2) is 5.97. The molecule has 1 unspecified atom stereocenters. The molecule has 0 amide bonds. The maximum Gasteiger partial charge on any atom is 0.244 e. The Bertz CT molecular complexity index is 600. The Morgan fingerprint density at radius 1 is 1.50 bits per heavy atom. The molecule has 0 radical (unpaired) electrons. The molecule has 1 fully saturated rings. The van der Waals surface area contributed by atoms with Gasteiger partial charge in [-0.2, -0.15) is 4.31 Å². The summed E-state index contributed by atoms with van der Waals surface area (Å²) in [5.41, 5.74) is 0.249. The fourth-order valence-electron chi connectivity index (χ4n) is 2.17. The van der Waals surface area contributed by atoms with E-state index in [-0.39, 0.29) is 28.1 Å². The molecule has 0 saturated carbocycles. The van der Waals surface area contributed by atoms with Crippen molar-refractivity contribution in [1.82, 2.24) is 4.31 Å². The summed E-state index contributed by atoms with van der Waals surface area (Å²) in [5.74, 6) is -0.518. The Hall–Kier alpha value is -0.690. The van der Waals surface area contributed by atoms with E-state index in [0.29, 0.717) is 6.61 Å². The van der Waals surface area contributed by atoms with Crippen LogP contribution in [0.2, 0.25) is 5.02 Å². The normalized spacial score (nSPS) is 19.8. The average molecular weight is 322 g/mol. The monoisotopic (exact) mass is 321 g/mol.